The normalized spacial score (nSPS) is 10.7. The van der Waals surface area contributed by atoms with Crippen LogP contribution in [-0.4, -0.2) is 28.7 Å². The van der Waals surface area contributed by atoms with Crippen LogP contribution in [0.3, 0.4) is 0 Å². The molecule has 0 radical (unpaired) electrons. The Kier molecular flexibility index (Phi) is 5.08. The molecule has 3 aromatic rings. The van der Waals surface area contributed by atoms with Gasteiger partial charge in [0.25, 0.3) is 5.69 Å². The van der Waals surface area contributed by atoms with Crippen molar-refractivity contribution in [3.05, 3.63) is 52.6 Å². The van der Waals surface area contributed by atoms with Crippen molar-refractivity contribution in [3.63, 3.8) is 0 Å². The zero-order chi connectivity index (χ0) is 18.7. The summed E-state index contributed by atoms with van der Waals surface area (Å²) in [4.78, 5) is 25.9. The van der Waals surface area contributed by atoms with Crippen LogP contribution in [0.1, 0.15) is 0 Å². The van der Waals surface area contributed by atoms with E-state index in [1.807, 2.05) is 35.9 Å². The molecule has 2 aromatic carbocycles. The predicted octanol–water partition coefficient (Wildman–Crippen LogP) is 2.64. The van der Waals surface area contributed by atoms with Gasteiger partial charge in [-0.2, -0.15) is 0 Å². The first kappa shape index (κ1) is 17.7. The third-order valence-corrected chi connectivity index (χ3v) is 4.88. The number of aryl methyl sites for hydroxylation is 1. The molecule has 9 heteroatoms. The number of hydrogen-bond donors (Lipinski definition) is 2. The molecule has 3 rings (SSSR count). The molecule has 26 heavy (non-hydrogen) atoms. The van der Waals surface area contributed by atoms with E-state index in [4.69, 9.17) is 4.74 Å². The first-order valence-corrected chi connectivity index (χ1v) is 8.70. The van der Waals surface area contributed by atoms with Gasteiger partial charge in [0.15, 0.2) is 11.0 Å². The van der Waals surface area contributed by atoms with Crippen molar-refractivity contribution >= 4 is 40.1 Å². The second kappa shape index (κ2) is 7.44. The number of hydrogen-bond acceptors (Lipinski definition) is 5. The van der Waals surface area contributed by atoms with Crippen LogP contribution in [0.5, 0.6) is 5.75 Å². The number of para-hydroxylation sites is 2. The first-order valence-electron chi connectivity index (χ1n) is 7.71. The minimum absolute atomic E-state index is 0.115. The Hall–Kier alpha value is -3.07. The molecule has 134 valence electrons. The summed E-state index contributed by atoms with van der Waals surface area (Å²) in [5.41, 5.74) is 2.18. The van der Waals surface area contributed by atoms with E-state index in [0.29, 0.717) is 5.75 Å². The number of carbonyl (C=O) groups is 1. The van der Waals surface area contributed by atoms with E-state index in [1.165, 1.54) is 37.1 Å². The zero-order valence-electron chi connectivity index (χ0n) is 14.2. The molecule has 0 aliphatic carbocycles. The minimum atomic E-state index is -0.520. The number of nitrogens with one attached hydrogen (secondary N) is 2. The maximum atomic E-state index is 12.3. The van der Waals surface area contributed by atoms with Gasteiger partial charge >= 0.3 is 5.16 Å². The number of aromatic amines is 1. The number of aromatic nitrogens is 2. The number of nitrogens with zero attached hydrogens (tertiary/aromatic N) is 2. The molecule has 0 saturated carbocycles. The van der Waals surface area contributed by atoms with Crippen LogP contribution in [0.25, 0.3) is 11.0 Å². The smallest absolute Gasteiger partial charge is 0.317 e. The van der Waals surface area contributed by atoms with Crippen LogP contribution in [-0.2, 0) is 11.8 Å². The SMILES string of the molecule is COc1ccc([N+](=O)[O-])cc1NC(=O)CSc1[nH]c2ccccc2[n+]1C. The van der Waals surface area contributed by atoms with Crippen molar-refractivity contribution in [2.24, 2.45) is 7.05 Å². The number of carbonyl (C=O) groups excluding carboxylic acids is 1. The van der Waals surface area contributed by atoms with Crippen LogP contribution in [0, 0.1) is 10.1 Å². The van der Waals surface area contributed by atoms with Crippen LogP contribution >= 0.6 is 11.8 Å². The Morgan fingerprint density at radius 2 is 2.12 bits per heavy atom. The highest BCUT2D eigenvalue weighted by Crippen LogP contribution is 2.29. The maximum Gasteiger partial charge on any atom is 0.317 e. The van der Waals surface area contributed by atoms with E-state index in [1.54, 1.807) is 0 Å². The molecular weight excluding hydrogens is 356 g/mol. The van der Waals surface area contributed by atoms with E-state index >= 15 is 0 Å². The number of rotatable bonds is 6. The number of methoxy groups -OCH3 is 1. The molecule has 1 aromatic heterocycles. The topological polar surface area (TPSA) is 101 Å². The summed E-state index contributed by atoms with van der Waals surface area (Å²) in [7, 11) is 3.36. The third-order valence-electron chi connectivity index (χ3n) is 3.82. The Balaban J connectivity index is 1.71. The third kappa shape index (κ3) is 3.62. The van der Waals surface area contributed by atoms with Gasteiger partial charge in [-0.1, -0.05) is 12.1 Å². The van der Waals surface area contributed by atoms with Gasteiger partial charge < -0.3 is 10.1 Å². The molecular formula is C17H17N4O4S+. The lowest BCUT2D eigenvalue weighted by molar-refractivity contribution is -0.683. The zero-order valence-corrected chi connectivity index (χ0v) is 15.0. The molecule has 1 amide bonds. The van der Waals surface area contributed by atoms with Gasteiger partial charge in [-0.3, -0.25) is 14.9 Å². The van der Waals surface area contributed by atoms with Crippen LogP contribution < -0.4 is 14.6 Å². The number of nitro groups is 1. The summed E-state index contributed by atoms with van der Waals surface area (Å²) >= 11 is 1.34. The molecule has 0 aliphatic heterocycles. The standard InChI is InChI=1S/C17H16N4O4S/c1-20-14-6-4-3-5-12(14)19-17(20)26-10-16(22)18-13-9-11(21(23)24)7-8-15(13)25-2/h3-9H,10H2,1-2H3,(H,18,22)/p+1. The largest absolute Gasteiger partial charge is 0.495 e. The average molecular weight is 373 g/mol. The highest BCUT2D eigenvalue weighted by atomic mass is 32.2. The number of fused-ring (bicyclic) bond motifs is 1. The van der Waals surface area contributed by atoms with E-state index in [0.717, 1.165) is 16.2 Å². The van der Waals surface area contributed by atoms with Gasteiger partial charge in [0, 0.05) is 12.1 Å². The van der Waals surface area contributed by atoms with Crippen molar-refractivity contribution in [2.45, 2.75) is 5.16 Å². The summed E-state index contributed by atoms with van der Waals surface area (Å²) in [5, 5.41) is 14.4. The van der Waals surface area contributed by atoms with Gasteiger partial charge in [-0.05, 0) is 30.0 Å². The quantitative estimate of drug-likeness (QED) is 0.299. The average Bonchev–Trinajstić information content (AvgIpc) is 2.96. The molecule has 0 unspecified atom stereocenters. The number of nitro benzene ring substituents is 1. The van der Waals surface area contributed by atoms with Gasteiger partial charge in [0.2, 0.25) is 5.91 Å². The fourth-order valence-corrected chi connectivity index (χ4v) is 3.35. The molecule has 8 nitrogen and oxygen atoms in total. The number of thioether (sulfide) groups is 1. The number of ether oxygens (including phenoxy) is 1. The number of amides is 1. The van der Waals surface area contributed by atoms with Gasteiger partial charge in [0.05, 0.1) is 30.5 Å². The van der Waals surface area contributed by atoms with Gasteiger partial charge in [-0.25, -0.2) is 9.55 Å². The van der Waals surface area contributed by atoms with E-state index in [9.17, 15) is 14.9 Å². The second-order valence-corrected chi connectivity index (χ2v) is 6.45. The number of H-pyrrole nitrogens is 1. The second-order valence-electron chi connectivity index (χ2n) is 5.48. The van der Waals surface area contributed by atoms with Crippen molar-refractivity contribution in [1.29, 1.82) is 0 Å². The molecule has 0 saturated heterocycles. The summed E-state index contributed by atoms with van der Waals surface area (Å²) in [6, 6.07) is 11.9. The summed E-state index contributed by atoms with van der Waals surface area (Å²) < 4.78 is 7.12. The van der Waals surface area contributed by atoms with Crippen molar-refractivity contribution in [1.82, 2.24) is 4.98 Å². The van der Waals surface area contributed by atoms with E-state index in [-0.39, 0.29) is 23.0 Å². The molecule has 0 spiro atoms. The summed E-state index contributed by atoms with van der Waals surface area (Å²) in [5.74, 6) is 0.226. The number of anilines is 1. The molecule has 0 bridgehead atoms. The Labute approximate surface area is 153 Å². The lowest BCUT2D eigenvalue weighted by atomic mass is 10.2. The molecule has 2 N–H and O–H groups in total. The first-order chi connectivity index (χ1) is 12.5. The van der Waals surface area contributed by atoms with E-state index < -0.39 is 4.92 Å². The molecule has 0 atom stereocenters. The van der Waals surface area contributed by atoms with E-state index in [2.05, 4.69) is 10.3 Å². The Morgan fingerprint density at radius 3 is 2.81 bits per heavy atom. The van der Waals surface area contributed by atoms with Crippen LogP contribution in [0.2, 0.25) is 0 Å². The minimum Gasteiger partial charge on any atom is -0.495 e. The monoisotopic (exact) mass is 373 g/mol. The van der Waals surface area contributed by atoms with Crippen LogP contribution in [0.4, 0.5) is 11.4 Å². The number of non-ortho nitro benzene ring substituents is 1. The highest BCUT2D eigenvalue weighted by Gasteiger charge is 2.18. The van der Waals surface area contributed by atoms with Gasteiger partial charge in [0.1, 0.15) is 5.75 Å². The lowest BCUT2D eigenvalue weighted by Crippen LogP contribution is -2.29. The lowest BCUT2D eigenvalue weighted by Gasteiger charge is -2.09. The molecule has 0 fully saturated rings. The number of imidazole rings is 1. The van der Waals surface area contributed by atoms with Crippen molar-refractivity contribution < 1.29 is 19.0 Å². The molecule has 1 heterocycles. The fourth-order valence-electron chi connectivity index (χ4n) is 2.54. The highest BCUT2D eigenvalue weighted by molar-refractivity contribution is 7.99. The van der Waals surface area contributed by atoms with Crippen molar-refractivity contribution in [3.8, 4) is 5.75 Å². The predicted molar refractivity (Wildman–Crippen MR) is 98.5 cm³/mol. The van der Waals surface area contributed by atoms with Gasteiger partial charge in [-0.15, -0.1) is 0 Å². The maximum absolute atomic E-state index is 12.3. The summed E-state index contributed by atoms with van der Waals surface area (Å²) in [6.45, 7) is 0. The van der Waals surface area contributed by atoms with Crippen LogP contribution in [0.15, 0.2) is 47.6 Å². The molecule has 0 aliphatic rings. The Bertz CT molecular complexity index is 986. The fraction of sp³-hybridized carbons (Fsp3) is 0.176. The number of benzene rings is 2. The Morgan fingerprint density at radius 1 is 1.35 bits per heavy atom. The van der Waals surface area contributed by atoms with Crippen molar-refractivity contribution in [2.75, 3.05) is 18.2 Å². The summed E-state index contributed by atoms with van der Waals surface area (Å²) in [6.07, 6.45) is 0.